The molecule has 2 aliphatic rings. The number of carbonyl (C=O) groups excluding carboxylic acids is 1. The highest BCUT2D eigenvalue weighted by Crippen LogP contribution is 2.37. The van der Waals surface area contributed by atoms with Crippen molar-refractivity contribution in [3.63, 3.8) is 0 Å². The second-order valence-electron chi connectivity index (χ2n) is 8.78. The summed E-state index contributed by atoms with van der Waals surface area (Å²) < 4.78 is 1.81. The smallest absolute Gasteiger partial charge is 0.263 e. The van der Waals surface area contributed by atoms with E-state index in [0.29, 0.717) is 29.6 Å². The van der Waals surface area contributed by atoms with Crippen LogP contribution < -0.4 is 10.9 Å². The van der Waals surface area contributed by atoms with E-state index >= 15 is 0 Å². The molecule has 0 aromatic carbocycles. The van der Waals surface area contributed by atoms with E-state index in [4.69, 9.17) is 4.98 Å². The van der Waals surface area contributed by atoms with E-state index in [1.165, 1.54) is 22.2 Å². The molecule has 4 rings (SSSR count). The van der Waals surface area contributed by atoms with Crippen molar-refractivity contribution in [2.75, 3.05) is 0 Å². The second-order valence-corrected chi connectivity index (χ2v) is 11.2. The first-order valence-corrected chi connectivity index (χ1v) is 12.0. The van der Waals surface area contributed by atoms with Crippen LogP contribution in [0.5, 0.6) is 0 Å². The molecule has 1 amide bonds. The molecule has 2 atom stereocenters. The third-order valence-corrected chi connectivity index (χ3v) is 7.74. The van der Waals surface area contributed by atoms with Gasteiger partial charge in [0.05, 0.1) is 10.6 Å². The Bertz CT molecular complexity index is 959. The number of aryl methyl sites for hydroxylation is 1. The zero-order chi connectivity index (χ0) is 20.0. The van der Waals surface area contributed by atoms with Crippen molar-refractivity contribution in [3.8, 4) is 0 Å². The lowest BCUT2D eigenvalue weighted by atomic mass is 9.89. The van der Waals surface area contributed by atoms with Crippen LogP contribution in [0, 0.1) is 11.8 Å². The number of amides is 1. The Morgan fingerprint density at radius 1 is 1.32 bits per heavy atom. The SMILES string of the molecule is CC(C)Cn1c(SC(C)C(=O)NC2CC2)nc2sc3c(c2c1=O)CCC(C)C3. The first kappa shape index (κ1) is 20.0. The topological polar surface area (TPSA) is 64.0 Å². The van der Waals surface area contributed by atoms with Crippen molar-refractivity contribution < 1.29 is 4.79 Å². The number of thiophene rings is 1. The fourth-order valence-electron chi connectivity index (χ4n) is 3.78. The number of fused-ring (bicyclic) bond motifs is 3. The monoisotopic (exact) mass is 419 g/mol. The summed E-state index contributed by atoms with van der Waals surface area (Å²) in [5.41, 5.74) is 1.30. The summed E-state index contributed by atoms with van der Waals surface area (Å²) >= 11 is 3.09. The maximum absolute atomic E-state index is 13.5. The van der Waals surface area contributed by atoms with Crippen LogP contribution in [0.2, 0.25) is 0 Å². The van der Waals surface area contributed by atoms with Gasteiger partial charge in [0.1, 0.15) is 4.83 Å². The van der Waals surface area contributed by atoms with Gasteiger partial charge in [-0.1, -0.05) is 32.5 Å². The van der Waals surface area contributed by atoms with E-state index in [-0.39, 0.29) is 16.7 Å². The standard InChI is InChI=1S/C21H29N3O2S2/c1-11(2)10-24-20(26)17-15-8-5-12(3)9-16(15)28-19(17)23-21(24)27-13(4)18(25)22-14-6-7-14/h11-14H,5-10H2,1-4H3,(H,22,25). The van der Waals surface area contributed by atoms with Crippen molar-refractivity contribution >= 4 is 39.2 Å². The summed E-state index contributed by atoms with van der Waals surface area (Å²) in [4.78, 5) is 33.0. The molecule has 28 heavy (non-hydrogen) atoms. The third-order valence-electron chi connectivity index (χ3n) is 5.50. The quantitative estimate of drug-likeness (QED) is 0.568. The van der Waals surface area contributed by atoms with Crippen LogP contribution in [0.25, 0.3) is 10.2 Å². The predicted octanol–water partition coefficient (Wildman–Crippen LogP) is 4.00. The number of thioether (sulfide) groups is 1. The van der Waals surface area contributed by atoms with Gasteiger partial charge in [-0.3, -0.25) is 14.2 Å². The Hall–Kier alpha value is -1.34. The minimum atomic E-state index is -0.266. The molecule has 0 radical (unpaired) electrons. The maximum Gasteiger partial charge on any atom is 0.263 e. The van der Waals surface area contributed by atoms with Crippen molar-refractivity contribution in [2.24, 2.45) is 11.8 Å². The number of hydrogen-bond acceptors (Lipinski definition) is 5. The molecule has 7 heteroatoms. The summed E-state index contributed by atoms with van der Waals surface area (Å²) in [6.07, 6.45) is 5.30. The van der Waals surface area contributed by atoms with Gasteiger partial charge in [-0.2, -0.15) is 0 Å². The van der Waals surface area contributed by atoms with Crippen molar-refractivity contribution in [1.29, 1.82) is 0 Å². The highest BCUT2D eigenvalue weighted by molar-refractivity contribution is 8.00. The number of nitrogens with zero attached hydrogens (tertiary/aromatic N) is 2. The highest BCUT2D eigenvalue weighted by Gasteiger charge is 2.28. The van der Waals surface area contributed by atoms with Gasteiger partial charge < -0.3 is 5.32 Å². The summed E-state index contributed by atoms with van der Waals surface area (Å²) in [6, 6.07) is 0.342. The molecule has 2 aromatic rings. The maximum atomic E-state index is 13.5. The second kappa shape index (κ2) is 7.82. The molecule has 1 saturated carbocycles. The molecule has 0 saturated heterocycles. The van der Waals surface area contributed by atoms with E-state index < -0.39 is 0 Å². The Labute approximate surface area is 174 Å². The van der Waals surface area contributed by atoms with Gasteiger partial charge in [0.25, 0.3) is 5.56 Å². The van der Waals surface area contributed by atoms with E-state index in [0.717, 1.165) is 42.3 Å². The average molecular weight is 420 g/mol. The summed E-state index contributed by atoms with van der Waals surface area (Å²) in [7, 11) is 0. The first-order chi connectivity index (χ1) is 13.3. The molecule has 2 unspecified atom stereocenters. The van der Waals surface area contributed by atoms with E-state index in [2.05, 4.69) is 26.1 Å². The molecule has 2 heterocycles. The van der Waals surface area contributed by atoms with Crippen LogP contribution >= 0.6 is 23.1 Å². The largest absolute Gasteiger partial charge is 0.352 e. The zero-order valence-electron chi connectivity index (χ0n) is 17.1. The summed E-state index contributed by atoms with van der Waals surface area (Å²) in [6.45, 7) is 9.03. The van der Waals surface area contributed by atoms with Crippen LogP contribution in [0.3, 0.4) is 0 Å². The Balaban J connectivity index is 1.73. The zero-order valence-corrected chi connectivity index (χ0v) is 18.7. The lowest BCUT2D eigenvalue weighted by Crippen LogP contribution is -2.33. The number of aromatic nitrogens is 2. The van der Waals surface area contributed by atoms with Crippen molar-refractivity contribution in [1.82, 2.24) is 14.9 Å². The normalized spacial score (nSPS) is 20.4. The van der Waals surface area contributed by atoms with Gasteiger partial charge >= 0.3 is 0 Å². The number of nitrogens with one attached hydrogen (secondary N) is 1. The molecule has 1 N–H and O–H groups in total. The molecular formula is C21H29N3O2S2. The molecule has 0 bridgehead atoms. The highest BCUT2D eigenvalue weighted by atomic mass is 32.2. The fraction of sp³-hybridized carbons (Fsp3) is 0.667. The molecule has 0 aliphatic heterocycles. The van der Waals surface area contributed by atoms with Gasteiger partial charge in [-0.25, -0.2) is 4.98 Å². The molecule has 152 valence electrons. The first-order valence-electron chi connectivity index (χ1n) is 10.4. The van der Waals surface area contributed by atoms with E-state index in [1.807, 2.05) is 11.5 Å². The van der Waals surface area contributed by atoms with Gasteiger partial charge in [0.2, 0.25) is 5.91 Å². The molecule has 5 nitrogen and oxygen atoms in total. The molecule has 2 aliphatic carbocycles. The number of hydrogen-bond donors (Lipinski definition) is 1. The average Bonchev–Trinajstić information content (AvgIpc) is 3.36. The summed E-state index contributed by atoms with van der Waals surface area (Å²) in [5, 5.41) is 4.30. The lowest BCUT2D eigenvalue weighted by Gasteiger charge is -2.18. The Kier molecular flexibility index (Phi) is 5.58. The van der Waals surface area contributed by atoms with Gasteiger partial charge in [-0.15, -0.1) is 11.3 Å². The Morgan fingerprint density at radius 2 is 2.07 bits per heavy atom. The third kappa shape index (κ3) is 4.01. The van der Waals surface area contributed by atoms with Crippen LogP contribution in [0.1, 0.15) is 57.4 Å². The van der Waals surface area contributed by atoms with Crippen LogP contribution in [0.4, 0.5) is 0 Å². The minimum Gasteiger partial charge on any atom is -0.352 e. The van der Waals surface area contributed by atoms with Crippen molar-refractivity contribution in [3.05, 3.63) is 20.8 Å². The number of rotatable bonds is 6. The van der Waals surface area contributed by atoms with E-state index in [9.17, 15) is 9.59 Å². The van der Waals surface area contributed by atoms with Crippen LogP contribution in [-0.2, 0) is 24.2 Å². The van der Waals surface area contributed by atoms with Gasteiger partial charge in [-0.05, 0) is 56.4 Å². The molecule has 1 fully saturated rings. The molecule has 2 aromatic heterocycles. The lowest BCUT2D eigenvalue weighted by molar-refractivity contribution is -0.120. The van der Waals surface area contributed by atoms with Gasteiger partial charge in [0.15, 0.2) is 5.16 Å². The van der Waals surface area contributed by atoms with Crippen LogP contribution in [0.15, 0.2) is 9.95 Å². The van der Waals surface area contributed by atoms with Crippen molar-refractivity contribution in [2.45, 2.75) is 82.8 Å². The molecule has 0 spiro atoms. The van der Waals surface area contributed by atoms with Crippen LogP contribution in [-0.4, -0.2) is 26.8 Å². The predicted molar refractivity (Wildman–Crippen MR) is 116 cm³/mol. The minimum absolute atomic E-state index is 0.0391. The van der Waals surface area contributed by atoms with Gasteiger partial charge in [0, 0.05) is 17.5 Å². The fourth-order valence-corrected chi connectivity index (χ4v) is 6.13. The summed E-state index contributed by atoms with van der Waals surface area (Å²) in [5.74, 6) is 1.04. The molecular weight excluding hydrogens is 390 g/mol. The van der Waals surface area contributed by atoms with E-state index in [1.54, 1.807) is 11.3 Å². The Morgan fingerprint density at radius 3 is 2.75 bits per heavy atom. The number of carbonyl (C=O) groups is 1.